The number of aliphatic hydroxyl groups is 2. The van der Waals surface area contributed by atoms with Crippen molar-refractivity contribution in [2.45, 2.75) is 9.79 Å². The van der Waals surface area contributed by atoms with Gasteiger partial charge in [0.05, 0.1) is 46.2 Å². The van der Waals surface area contributed by atoms with E-state index in [1.807, 2.05) is 6.07 Å². The van der Waals surface area contributed by atoms with Crippen LogP contribution in [0.4, 0.5) is 34.1 Å². The van der Waals surface area contributed by atoms with Gasteiger partial charge in [0.2, 0.25) is 0 Å². The molecule has 0 aromatic heterocycles. The largest absolute Gasteiger partial charge is 0.507 e. The van der Waals surface area contributed by atoms with Crippen LogP contribution in [0.3, 0.4) is 0 Å². The summed E-state index contributed by atoms with van der Waals surface area (Å²) < 4.78 is 79.8. The maximum Gasteiger partial charge on any atom is 0.298 e. The van der Waals surface area contributed by atoms with Gasteiger partial charge in [-0.05, 0) is 60.0 Å². The molecular formula is C40H32N6O13S2. The minimum atomic E-state index is -4.98. The second-order valence-corrected chi connectivity index (χ2v) is 15.7. The molecule has 0 spiro atoms. The van der Waals surface area contributed by atoms with Gasteiger partial charge in [-0.3, -0.25) is 9.11 Å². The third-order valence-electron chi connectivity index (χ3n) is 8.96. The molecule has 0 amide bonds. The highest BCUT2D eigenvalue weighted by Gasteiger charge is 2.23. The zero-order valence-corrected chi connectivity index (χ0v) is 32.9. The summed E-state index contributed by atoms with van der Waals surface area (Å²) in [7, 11) is -9.74. The molecule has 21 heteroatoms. The highest BCUT2D eigenvalue weighted by molar-refractivity contribution is 7.86. The molecule has 7 aromatic rings. The van der Waals surface area contributed by atoms with Crippen molar-refractivity contribution in [3.8, 4) is 28.7 Å². The normalized spacial score (nSPS) is 12.5. The third-order valence-corrected chi connectivity index (χ3v) is 10.7. The van der Waals surface area contributed by atoms with Gasteiger partial charge in [-0.2, -0.15) is 21.9 Å². The summed E-state index contributed by atoms with van der Waals surface area (Å²) in [5.41, 5.74) is 0.410. The number of hydrogen-bond acceptors (Lipinski definition) is 17. The van der Waals surface area contributed by atoms with E-state index in [9.17, 15) is 51.5 Å². The van der Waals surface area contributed by atoms with Crippen molar-refractivity contribution in [2.24, 2.45) is 30.7 Å². The number of phenolic OH excluding ortho intramolecular Hbond substituents is 3. The molecule has 7 rings (SSSR count). The first-order valence-electron chi connectivity index (χ1n) is 17.8. The number of benzene rings is 7. The van der Waals surface area contributed by atoms with Gasteiger partial charge in [-0.25, -0.2) is 0 Å². The lowest BCUT2D eigenvalue weighted by atomic mass is 10.1. The Morgan fingerprint density at radius 2 is 1.08 bits per heavy atom. The number of ether oxygens (including phenoxy) is 2. The summed E-state index contributed by atoms with van der Waals surface area (Å²) in [6.45, 7) is -1.04. The van der Waals surface area contributed by atoms with Crippen LogP contribution in [0.2, 0.25) is 0 Å². The van der Waals surface area contributed by atoms with Gasteiger partial charge in [0.15, 0.2) is 0 Å². The van der Waals surface area contributed by atoms with Crippen LogP contribution in [0, 0.1) is 0 Å². The van der Waals surface area contributed by atoms with E-state index in [0.717, 1.165) is 23.6 Å². The average Bonchev–Trinajstić information content (AvgIpc) is 3.23. The van der Waals surface area contributed by atoms with Crippen LogP contribution < -0.4 is 9.47 Å². The first-order valence-corrected chi connectivity index (χ1v) is 20.7. The number of hydrogen-bond donors (Lipinski definition) is 7. The van der Waals surface area contributed by atoms with Gasteiger partial charge >= 0.3 is 0 Å². The Kier molecular flexibility index (Phi) is 11.9. The maximum atomic E-state index is 12.2. The lowest BCUT2D eigenvalue weighted by Gasteiger charge is -2.13. The van der Waals surface area contributed by atoms with E-state index in [1.54, 1.807) is 30.3 Å². The standard InChI is InChI=1S/C40H32N6O13S2/c47-13-15-58-36-20-32(37(59-16-14-48)19-31(36)44-41-23-8-7-22-3-1-5-34(49)27(22)17-23)45-42-29-11-12-30(28-18-24(60(52,53)54)9-10-25(28)29)43-46-33-21-38(61(55,56)57)40(51)26-4-2-6-35(50)39(26)33/h1-12,17-21,47-51H,13-16H2,(H,52,53,54)(H,55,56,57). The second-order valence-electron chi connectivity index (χ2n) is 12.9. The molecule has 0 saturated heterocycles. The fourth-order valence-electron chi connectivity index (χ4n) is 6.18. The predicted molar refractivity (Wildman–Crippen MR) is 221 cm³/mol. The van der Waals surface area contributed by atoms with Gasteiger partial charge in [0.1, 0.15) is 58.2 Å². The molecule has 0 fully saturated rings. The maximum absolute atomic E-state index is 12.2. The summed E-state index contributed by atoms with van der Waals surface area (Å²) in [5, 5.41) is 77.5. The monoisotopic (exact) mass is 868 g/mol. The summed E-state index contributed by atoms with van der Waals surface area (Å²) in [6, 6.07) is 24.0. The van der Waals surface area contributed by atoms with Crippen molar-refractivity contribution >= 4 is 86.7 Å². The van der Waals surface area contributed by atoms with E-state index >= 15 is 0 Å². The Labute approximate surface area is 345 Å². The molecule has 0 unspecified atom stereocenters. The molecule has 312 valence electrons. The van der Waals surface area contributed by atoms with E-state index in [4.69, 9.17) is 9.47 Å². The minimum Gasteiger partial charge on any atom is -0.507 e. The summed E-state index contributed by atoms with van der Waals surface area (Å²) in [6.07, 6.45) is 0. The number of azo groups is 3. The lowest BCUT2D eigenvalue weighted by molar-refractivity contribution is 0.198. The molecule has 7 aromatic carbocycles. The van der Waals surface area contributed by atoms with Gasteiger partial charge in [-0.15, -0.1) is 25.6 Å². The van der Waals surface area contributed by atoms with E-state index in [2.05, 4.69) is 30.7 Å². The fraction of sp³-hybridized carbons (Fsp3) is 0.100. The number of phenols is 3. The molecule has 0 aliphatic rings. The number of aliphatic hydroxyl groups excluding tert-OH is 2. The Morgan fingerprint density at radius 1 is 0.492 bits per heavy atom. The first-order chi connectivity index (χ1) is 29.2. The van der Waals surface area contributed by atoms with Crippen molar-refractivity contribution < 1.29 is 60.9 Å². The van der Waals surface area contributed by atoms with Crippen LogP contribution in [0.25, 0.3) is 32.3 Å². The molecule has 0 radical (unpaired) electrons. The predicted octanol–water partition coefficient (Wildman–Crippen LogP) is 8.74. The topological polar surface area (TPSA) is 303 Å². The van der Waals surface area contributed by atoms with E-state index in [-0.39, 0.29) is 93.7 Å². The zero-order chi connectivity index (χ0) is 43.5. The number of nitrogens with zero attached hydrogens (tertiary/aromatic N) is 6. The van der Waals surface area contributed by atoms with Crippen LogP contribution in [0.15, 0.2) is 144 Å². The smallest absolute Gasteiger partial charge is 0.298 e. The second kappa shape index (κ2) is 17.2. The van der Waals surface area contributed by atoms with Crippen molar-refractivity contribution in [3.05, 3.63) is 103 Å². The third kappa shape index (κ3) is 9.06. The molecule has 0 heterocycles. The Morgan fingerprint density at radius 3 is 1.72 bits per heavy atom. The van der Waals surface area contributed by atoms with Crippen LogP contribution >= 0.6 is 0 Å². The van der Waals surface area contributed by atoms with E-state index in [1.165, 1.54) is 48.5 Å². The van der Waals surface area contributed by atoms with Gasteiger partial charge in [0, 0.05) is 33.7 Å². The average molecular weight is 869 g/mol. The van der Waals surface area contributed by atoms with Crippen molar-refractivity contribution in [2.75, 3.05) is 26.4 Å². The van der Waals surface area contributed by atoms with Gasteiger partial charge in [-0.1, -0.05) is 36.4 Å². The van der Waals surface area contributed by atoms with Crippen LogP contribution in [0.1, 0.15) is 0 Å². The lowest BCUT2D eigenvalue weighted by Crippen LogP contribution is -2.04. The minimum absolute atomic E-state index is 0.0347. The SMILES string of the molecule is O=S(=O)(O)c1ccc2c(N=Nc3cc(OCCO)c(N=Nc4ccc5cccc(O)c5c4)cc3OCCO)ccc(N=Nc3cc(S(=O)(=O)O)c(O)c4cccc(O)c34)c2c1. The highest BCUT2D eigenvalue weighted by Crippen LogP contribution is 2.45. The zero-order valence-electron chi connectivity index (χ0n) is 31.2. The molecular weight excluding hydrogens is 837 g/mol. The number of aromatic hydroxyl groups is 3. The molecule has 0 bridgehead atoms. The number of rotatable bonds is 14. The van der Waals surface area contributed by atoms with Crippen molar-refractivity contribution in [3.63, 3.8) is 0 Å². The molecule has 61 heavy (non-hydrogen) atoms. The number of fused-ring (bicyclic) bond motifs is 3. The molecule has 0 aliphatic carbocycles. The summed E-state index contributed by atoms with van der Waals surface area (Å²) in [4.78, 5) is -1.44. The molecule has 0 saturated carbocycles. The van der Waals surface area contributed by atoms with E-state index in [0.29, 0.717) is 11.1 Å². The highest BCUT2D eigenvalue weighted by atomic mass is 32.2. The molecule has 0 aliphatic heterocycles. The Balaban J connectivity index is 1.32. The van der Waals surface area contributed by atoms with E-state index < -0.39 is 41.5 Å². The fourth-order valence-corrected chi connectivity index (χ4v) is 7.30. The Hall–Kier alpha value is -7.14. The summed E-state index contributed by atoms with van der Waals surface area (Å²) in [5.74, 6) is -1.01. The van der Waals surface area contributed by atoms with Crippen LogP contribution in [-0.4, -0.2) is 77.9 Å². The van der Waals surface area contributed by atoms with Gasteiger partial charge in [0.25, 0.3) is 20.2 Å². The van der Waals surface area contributed by atoms with Crippen molar-refractivity contribution in [1.82, 2.24) is 0 Å². The molecule has 19 nitrogen and oxygen atoms in total. The first kappa shape index (κ1) is 42.0. The Bertz CT molecular complexity index is 3180. The quantitative estimate of drug-likeness (QED) is 0.0398. The summed E-state index contributed by atoms with van der Waals surface area (Å²) >= 11 is 0. The van der Waals surface area contributed by atoms with Crippen LogP contribution in [0.5, 0.6) is 28.7 Å². The molecule has 0 atom stereocenters. The van der Waals surface area contributed by atoms with Gasteiger partial charge < -0.3 is 35.0 Å². The molecule has 7 N–H and O–H groups in total. The van der Waals surface area contributed by atoms with Crippen molar-refractivity contribution in [1.29, 1.82) is 0 Å². The van der Waals surface area contributed by atoms with Crippen LogP contribution in [-0.2, 0) is 20.2 Å².